The number of rotatable bonds is 3. The SMILES string of the molecule is Cl.NCC(=O)NC1(c2cccc(C(F)(F)F)c2)CCCCC1. The Morgan fingerprint density at radius 2 is 1.86 bits per heavy atom. The second-order valence-corrected chi connectivity index (χ2v) is 5.47. The Morgan fingerprint density at radius 3 is 2.41 bits per heavy atom. The van der Waals surface area contributed by atoms with E-state index in [1.807, 2.05) is 0 Å². The van der Waals surface area contributed by atoms with Gasteiger partial charge in [0, 0.05) is 0 Å². The number of amides is 1. The molecule has 1 fully saturated rings. The van der Waals surface area contributed by atoms with Gasteiger partial charge in [0.05, 0.1) is 17.6 Å². The Bertz CT molecular complexity index is 514. The molecular weight excluding hydrogens is 317 g/mol. The zero-order chi connectivity index (χ0) is 15.5. The van der Waals surface area contributed by atoms with Gasteiger partial charge in [-0.1, -0.05) is 31.4 Å². The van der Waals surface area contributed by atoms with Gasteiger partial charge in [-0.15, -0.1) is 12.4 Å². The van der Waals surface area contributed by atoms with Gasteiger partial charge in [-0.05, 0) is 30.5 Å². The molecule has 0 unspecified atom stereocenters. The van der Waals surface area contributed by atoms with Gasteiger partial charge in [0.15, 0.2) is 0 Å². The fourth-order valence-corrected chi connectivity index (χ4v) is 2.95. The van der Waals surface area contributed by atoms with Gasteiger partial charge >= 0.3 is 6.18 Å². The molecule has 0 saturated heterocycles. The molecule has 0 spiro atoms. The summed E-state index contributed by atoms with van der Waals surface area (Å²) in [5.41, 5.74) is 4.43. The molecule has 1 saturated carbocycles. The first-order valence-corrected chi connectivity index (χ1v) is 7.06. The van der Waals surface area contributed by atoms with Crippen molar-refractivity contribution < 1.29 is 18.0 Å². The van der Waals surface area contributed by atoms with Gasteiger partial charge in [-0.2, -0.15) is 13.2 Å². The Balaban J connectivity index is 0.00000242. The number of nitrogens with one attached hydrogen (secondary N) is 1. The van der Waals surface area contributed by atoms with E-state index in [2.05, 4.69) is 5.32 Å². The van der Waals surface area contributed by atoms with E-state index in [4.69, 9.17) is 5.73 Å². The molecule has 0 bridgehead atoms. The topological polar surface area (TPSA) is 55.1 Å². The normalized spacial score (nSPS) is 17.5. The lowest BCUT2D eigenvalue weighted by Gasteiger charge is -2.39. The highest BCUT2D eigenvalue weighted by molar-refractivity contribution is 5.85. The lowest BCUT2D eigenvalue weighted by atomic mass is 9.76. The Hall–Kier alpha value is -1.27. The minimum absolute atomic E-state index is 0. The van der Waals surface area contributed by atoms with Gasteiger partial charge in [-0.25, -0.2) is 0 Å². The van der Waals surface area contributed by atoms with Crippen LogP contribution >= 0.6 is 12.4 Å². The van der Waals surface area contributed by atoms with E-state index in [0.717, 1.165) is 31.4 Å². The third-order valence-electron chi connectivity index (χ3n) is 4.01. The molecule has 0 aromatic heterocycles. The van der Waals surface area contributed by atoms with E-state index in [1.165, 1.54) is 6.07 Å². The Morgan fingerprint density at radius 1 is 1.23 bits per heavy atom. The van der Waals surface area contributed by atoms with Crippen molar-refractivity contribution in [2.45, 2.75) is 43.8 Å². The zero-order valence-electron chi connectivity index (χ0n) is 12.1. The highest BCUT2D eigenvalue weighted by Gasteiger charge is 2.37. The van der Waals surface area contributed by atoms with Crippen LogP contribution in [0.15, 0.2) is 24.3 Å². The first-order chi connectivity index (χ1) is 9.87. The Kier molecular flexibility index (Phi) is 6.26. The average Bonchev–Trinajstić information content (AvgIpc) is 2.47. The molecule has 1 amide bonds. The second-order valence-electron chi connectivity index (χ2n) is 5.47. The molecule has 1 aromatic carbocycles. The predicted octanol–water partition coefficient (Wildman–Crippen LogP) is 3.36. The second kappa shape index (κ2) is 7.33. The summed E-state index contributed by atoms with van der Waals surface area (Å²) in [6.07, 6.45) is -0.328. The molecule has 1 aliphatic rings. The van der Waals surface area contributed by atoms with Crippen LogP contribution < -0.4 is 11.1 Å². The van der Waals surface area contributed by atoms with Crippen LogP contribution in [0.2, 0.25) is 0 Å². The summed E-state index contributed by atoms with van der Waals surface area (Å²) in [5.74, 6) is -0.339. The molecule has 3 nitrogen and oxygen atoms in total. The van der Waals surface area contributed by atoms with Crippen LogP contribution in [-0.2, 0) is 16.5 Å². The number of carbonyl (C=O) groups is 1. The van der Waals surface area contributed by atoms with Crippen molar-refractivity contribution in [1.29, 1.82) is 0 Å². The first-order valence-electron chi connectivity index (χ1n) is 7.06. The summed E-state index contributed by atoms with van der Waals surface area (Å²) >= 11 is 0. The summed E-state index contributed by atoms with van der Waals surface area (Å²) in [5, 5.41) is 2.85. The van der Waals surface area contributed by atoms with Crippen LogP contribution in [0.5, 0.6) is 0 Å². The molecule has 0 radical (unpaired) electrons. The molecule has 0 atom stereocenters. The third kappa shape index (κ3) is 4.14. The lowest BCUT2D eigenvalue weighted by molar-refractivity contribution is -0.137. The highest BCUT2D eigenvalue weighted by atomic mass is 35.5. The first kappa shape index (κ1) is 18.8. The van der Waals surface area contributed by atoms with E-state index < -0.39 is 17.3 Å². The van der Waals surface area contributed by atoms with Crippen LogP contribution in [0, 0.1) is 0 Å². The standard InChI is InChI=1S/C15H19F3N2O.ClH/c16-15(17,18)12-6-4-5-11(9-12)14(20-13(21)10-19)7-2-1-3-8-14;/h4-6,9H,1-3,7-8,10,19H2,(H,20,21);1H. The highest BCUT2D eigenvalue weighted by Crippen LogP contribution is 2.39. The summed E-state index contributed by atoms with van der Waals surface area (Å²) < 4.78 is 38.6. The van der Waals surface area contributed by atoms with Crippen LogP contribution in [0.4, 0.5) is 13.2 Å². The fourth-order valence-electron chi connectivity index (χ4n) is 2.95. The number of alkyl halides is 3. The maximum atomic E-state index is 12.9. The van der Waals surface area contributed by atoms with E-state index in [-0.39, 0.29) is 24.9 Å². The monoisotopic (exact) mass is 336 g/mol. The van der Waals surface area contributed by atoms with E-state index in [9.17, 15) is 18.0 Å². The van der Waals surface area contributed by atoms with Gasteiger partial charge in [0.1, 0.15) is 0 Å². The molecule has 2 rings (SSSR count). The minimum atomic E-state index is -4.39. The van der Waals surface area contributed by atoms with Crippen molar-refractivity contribution in [2.75, 3.05) is 6.54 Å². The number of hydrogen-bond acceptors (Lipinski definition) is 2. The number of benzene rings is 1. The van der Waals surface area contributed by atoms with Crippen LogP contribution in [0.1, 0.15) is 43.2 Å². The average molecular weight is 337 g/mol. The molecule has 1 aromatic rings. The number of carbonyl (C=O) groups excluding carboxylic acids is 1. The maximum absolute atomic E-state index is 12.9. The molecule has 0 heterocycles. The van der Waals surface area contributed by atoms with Gasteiger partial charge in [-0.3, -0.25) is 4.79 Å². The van der Waals surface area contributed by atoms with Crippen LogP contribution in [0.25, 0.3) is 0 Å². The van der Waals surface area contributed by atoms with Crippen LogP contribution in [0.3, 0.4) is 0 Å². The smallest absolute Gasteiger partial charge is 0.345 e. The zero-order valence-corrected chi connectivity index (χ0v) is 12.9. The van der Waals surface area contributed by atoms with Crippen LogP contribution in [-0.4, -0.2) is 12.5 Å². The third-order valence-corrected chi connectivity index (χ3v) is 4.01. The van der Waals surface area contributed by atoms with Crippen molar-refractivity contribution in [3.05, 3.63) is 35.4 Å². The van der Waals surface area contributed by atoms with Crippen molar-refractivity contribution in [3.63, 3.8) is 0 Å². The summed E-state index contributed by atoms with van der Waals surface area (Å²) in [4.78, 5) is 11.7. The van der Waals surface area contributed by atoms with Gasteiger partial charge < -0.3 is 11.1 Å². The lowest BCUT2D eigenvalue weighted by Crippen LogP contribution is -2.49. The number of halogens is 4. The molecule has 7 heteroatoms. The maximum Gasteiger partial charge on any atom is 0.416 e. The van der Waals surface area contributed by atoms with E-state index in [1.54, 1.807) is 6.07 Å². The van der Waals surface area contributed by atoms with Crippen molar-refractivity contribution >= 4 is 18.3 Å². The van der Waals surface area contributed by atoms with E-state index >= 15 is 0 Å². The quantitative estimate of drug-likeness (QED) is 0.889. The molecule has 22 heavy (non-hydrogen) atoms. The van der Waals surface area contributed by atoms with Crippen molar-refractivity contribution in [1.82, 2.24) is 5.32 Å². The largest absolute Gasteiger partial charge is 0.416 e. The number of nitrogens with two attached hydrogens (primary N) is 1. The van der Waals surface area contributed by atoms with Gasteiger partial charge in [0.2, 0.25) is 5.91 Å². The molecule has 1 aliphatic carbocycles. The molecule has 0 aliphatic heterocycles. The van der Waals surface area contributed by atoms with Crippen molar-refractivity contribution in [2.24, 2.45) is 5.73 Å². The molecular formula is C15H20ClF3N2O. The summed E-state index contributed by atoms with van der Waals surface area (Å²) in [6.45, 7) is -0.166. The summed E-state index contributed by atoms with van der Waals surface area (Å²) in [7, 11) is 0. The molecule has 124 valence electrons. The fraction of sp³-hybridized carbons (Fsp3) is 0.533. The predicted molar refractivity (Wildman–Crippen MR) is 80.7 cm³/mol. The summed E-state index contributed by atoms with van der Waals surface area (Å²) in [6, 6.07) is 5.23. The number of hydrogen-bond donors (Lipinski definition) is 2. The molecule has 3 N–H and O–H groups in total. The van der Waals surface area contributed by atoms with E-state index in [0.29, 0.717) is 18.4 Å². The minimum Gasteiger partial charge on any atom is -0.345 e. The Labute approximate surface area is 133 Å². The van der Waals surface area contributed by atoms with Gasteiger partial charge in [0.25, 0.3) is 0 Å². The van der Waals surface area contributed by atoms with Crippen molar-refractivity contribution in [3.8, 4) is 0 Å².